The van der Waals surface area contributed by atoms with Crippen LogP contribution in [0.2, 0.25) is 5.02 Å². The second-order valence-electron chi connectivity index (χ2n) is 4.64. The molecule has 1 fully saturated rings. The number of hydrogen-bond acceptors (Lipinski definition) is 5. The smallest absolute Gasteiger partial charge is 0.270 e. The third-order valence-corrected chi connectivity index (χ3v) is 3.69. The molecule has 2 rings (SSSR count). The lowest BCUT2D eigenvalue weighted by atomic mass is 9.90. The van der Waals surface area contributed by atoms with E-state index < -0.39 is 22.9 Å². The first-order valence-electron chi connectivity index (χ1n) is 6.08. The molecule has 0 aliphatic heterocycles. The van der Waals surface area contributed by atoms with Crippen molar-refractivity contribution in [3.63, 3.8) is 0 Å². The molecule has 6 nitrogen and oxygen atoms in total. The van der Waals surface area contributed by atoms with E-state index in [1.807, 2.05) is 0 Å². The van der Waals surface area contributed by atoms with Crippen molar-refractivity contribution in [2.45, 2.75) is 26.2 Å². The fourth-order valence-electron chi connectivity index (χ4n) is 2.10. The minimum absolute atomic E-state index is 0.0516. The molecule has 1 aliphatic carbocycles. The molecule has 1 aliphatic rings. The van der Waals surface area contributed by atoms with Crippen molar-refractivity contribution < 1.29 is 14.7 Å². The van der Waals surface area contributed by atoms with Gasteiger partial charge in [0.25, 0.3) is 5.56 Å². The quantitative estimate of drug-likeness (QED) is 0.480. The van der Waals surface area contributed by atoms with Crippen LogP contribution in [0.5, 0.6) is 0 Å². The number of rotatable bonds is 1. The summed E-state index contributed by atoms with van der Waals surface area (Å²) in [5.41, 5.74) is -0.603. The Labute approximate surface area is 119 Å². The van der Waals surface area contributed by atoms with Crippen LogP contribution in [0.3, 0.4) is 0 Å². The molecule has 20 heavy (non-hydrogen) atoms. The molecule has 1 saturated carbocycles. The molecular weight excluding hydrogens is 284 g/mol. The highest BCUT2D eigenvalue weighted by molar-refractivity contribution is 6.33. The minimum Gasteiger partial charge on any atom is -0.505 e. The molecule has 1 aromatic rings. The Morgan fingerprint density at radius 3 is 2.35 bits per heavy atom. The van der Waals surface area contributed by atoms with Crippen LogP contribution in [-0.4, -0.2) is 26.5 Å². The summed E-state index contributed by atoms with van der Waals surface area (Å²) in [6.45, 7) is 1.48. The summed E-state index contributed by atoms with van der Waals surface area (Å²) in [7, 11) is 1.40. The third-order valence-electron chi connectivity index (χ3n) is 3.23. The maximum atomic E-state index is 11.8. The number of ketones is 2. The van der Waals surface area contributed by atoms with Crippen molar-refractivity contribution in [1.82, 2.24) is 9.78 Å². The van der Waals surface area contributed by atoms with Gasteiger partial charge in [0.15, 0.2) is 17.3 Å². The number of aromatic nitrogens is 2. The van der Waals surface area contributed by atoms with E-state index >= 15 is 0 Å². The van der Waals surface area contributed by atoms with Crippen molar-refractivity contribution in [3.05, 3.63) is 32.2 Å². The molecule has 0 amide bonds. The molecule has 0 radical (unpaired) electrons. The maximum absolute atomic E-state index is 11.8. The number of allylic oxidation sites excluding steroid dienone is 1. The largest absolute Gasteiger partial charge is 0.505 e. The van der Waals surface area contributed by atoms with Crippen LogP contribution in [0.25, 0.3) is 5.76 Å². The Kier molecular flexibility index (Phi) is 3.76. The highest BCUT2D eigenvalue weighted by Gasteiger charge is 2.29. The summed E-state index contributed by atoms with van der Waals surface area (Å²) >= 11 is 5.99. The Bertz CT molecular complexity index is 685. The van der Waals surface area contributed by atoms with Crippen LogP contribution in [-0.2, 0) is 16.6 Å². The fraction of sp³-hybridized carbons (Fsp3) is 0.385. The van der Waals surface area contributed by atoms with Crippen LogP contribution in [0.4, 0.5) is 0 Å². The first-order chi connectivity index (χ1) is 9.34. The molecule has 1 heterocycles. The van der Waals surface area contributed by atoms with Gasteiger partial charge in [-0.3, -0.25) is 14.4 Å². The molecule has 1 N–H and O–H groups in total. The third kappa shape index (κ3) is 2.27. The molecule has 0 saturated heterocycles. The van der Waals surface area contributed by atoms with E-state index in [0.29, 0.717) is 6.42 Å². The van der Waals surface area contributed by atoms with Crippen molar-refractivity contribution in [1.29, 1.82) is 0 Å². The number of hydrogen-bond donors (Lipinski definition) is 1. The number of aryl methyl sites for hydroxylation is 1. The molecular formula is C13H13ClN2O4. The van der Waals surface area contributed by atoms with Gasteiger partial charge in [0.1, 0.15) is 11.3 Å². The van der Waals surface area contributed by atoms with Crippen molar-refractivity contribution in [2.75, 3.05) is 0 Å². The van der Waals surface area contributed by atoms with E-state index in [9.17, 15) is 19.5 Å². The fourth-order valence-corrected chi connectivity index (χ4v) is 2.31. The zero-order valence-corrected chi connectivity index (χ0v) is 11.8. The van der Waals surface area contributed by atoms with Gasteiger partial charge in [-0.2, -0.15) is 5.10 Å². The molecule has 0 unspecified atom stereocenters. The Hall–Kier alpha value is -1.95. The number of aliphatic hydroxyl groups is 1. The zero-order valence-electron chi connectivity index (χ0n) is 11.1. The van der Waals surface area contributed by atoms with Crippen LogP contribution < -0.4 is 5.56 Å². The van der Waals surface area contributed by atoms with Crippen molar-refractivity contribution >= 4 is 28.9 Å². The molecule has 7 heteroatoms. The van der Waals surface area contributed by atoms with E-state index in [1.165, 1.54) is 14.0 Å². The minimum atomic E-state index is -0.552. The molecule has 0 atom stereocenters. The number of nitrogens with zero attached hydrogens (tertiary/aromatic N) is 2. The van der Waals surface area contributed by atoms with Gasteiger partial charge in [-0.25, -0.2) is 4.68 Å². The van der Waals surface area contributed by atoms with Gasteiger partial charge in [-0.1, -0.05) is 11.6 Å². The van der Waals surface area contributed by atoms with E-state index in [2.05, 4.69) is 5.10 Å². The standard InChI is InChI=1S/C13H13ClN2O4/c1-6-10(14)11(15-16(2)13(6)20)12(19)9-7(17)4-3-5-8(9)18/h19H,3-5H2,1-2H3. The lowest BCUT2D eigenvalue weighted by Gasteiger charge is -2.14. The second kappa shape index (κ2) is 5.20. The van der Waals surface area contributed by atoms with Crippen LogP contribution in [0, 0.1) is 6.92 Å². The van der Waals surface area contributed by atoms with Gasteiger partial charge < -0.3 is 5.11 Å². The highest BCUT2D eigenvalue weighted by Crippen LogP contribution is 2.27. The second-order valence-corrected chi connectivity index (χ2v) is 5.02. The summed E-state index contributed by atoms with van der Waals surface area (Å²) in [4.78, 5) is 35.2. The number of carbonyl (C=O) groups excluding carboxylic acids is 2. The van der Waals surface area contributed by atoms with E-state index in [1.54, 1.807) is 0 Å². The van der Waals surface area contributed by atoms with Crippen molar-refractivity contribution in [2.24, 2.45) is 7.05 Å². The zero-order chi connectivity index (χ0) is 15.0. The summed E-state index contributed by atoms with van der Waals surface area (Å²) < 4.78 is 1.01. The van der Waals surface area contributed by atoms with E-state index in [4.69, 9.17) is 11.6 Å². The van der Waals surface area contributed by atoms with Gasteiger partial charge >= 0.3 is 0 Å². The van der Waals surface area contributed by atoms with E-state index in [0.717, 1.165) is 4.68 Å². The van der Waals surface area contributed by atoms with Gasteiger partial charge in [0.05, 0.1) is 5.02 Å². The Morgan fingerprint density at radius 1 is 1.25 bits per heavy atom. The normalized spacial score (nSPS) is 15.7. The first kappa shape index (κ1) is 14.5. The average Bonchev–Trinajstić information content (AvgIpc) is 2.40. The average molecular weight is 297 g/mol. The molecule has 1 aromatic heterocycles. The number of halogens is 1. The number of carbonyl (C=O) groups is 2. The monoisotopic (exact) mass is 296 g/mol. The maximum Gasteiger partial charge on any atom is 0.270 e. The first-order valence-corrected chi connectivity index (χ1v) is 6.45. The van der Waals surface area contributed by atoms with Gasteiger partial charge in [-0.05, 0) is 13.3 Å². The SMILES string of the molecule is Cc1c(Cl)c(C(O)=C2C(=O)CCCC2=O)nn(C)c1=O. The predicted molar refractivity (Wildman–Crippen MR) is 72.6 cm³/mol. The van der Waals surface area contributed by atoms with Gasteiger partial charge in [-0.15, -0.1) is 0 Å². The number of aliphatic hydroxyl groups excluding tert-OH is 1. The van der Waals surface area contributed by atoms with Crippen molar-refractivity contribution in [3.8, 4) is 0 Å². The molecule has 106 valence electrons. The number of Topliss-reactive ketones (excluding diaryl/α,β-unsaturated/α-hetero) is 2. The predicted octanol–water partition coefficient (Wildman–Crippen LogP) is 1.33. The summed E-state index contributed by atoms with van der Waals surface area (Å²) in [5, 5.41) is 14.0. The Morgan fingerprint density at radius 2 is 1.80 bits per heavy atom. The van der Waals surface area contributed by atoms with E-state index in [-0.39, 0.29) is 34.7 Å². The van der Waals surface area contributed by atoms with Crippen LogP contribution in [0.1, 0.15) is 30.5 Å². The summed E-state index contributed by atoms with van der Waals surface area (Å²) in [5.74, 6) is -1.41. The molecule has 0 aromatic carbocycles. The molecule has 0 spiro atoms. The van der Waals surface area contributed by atoms with Gasteiger partial charge in [0.2, 0.25) is 0 Å². The summed E-state index contributed by atoms with van der Waals surface area (Å²) in [6.07, 6.45) is 0.878. The van der Waals surface area contributed by atoms with Crippen LogP contribution >= 0.6 is 11.6 Å². The molecule has 0 bridgehead atoms. The van der Waals surface area contributed by atoms with Crippen LogP contribution in [0.15, 0.2) is 10.4 Å². The Balaban J connectivity index is 2.70. The topological polar surface area (TPSA) is 89.3 Å². The van der Waals surface area contributed by atoms with Gasteiger partial charge in [0, 0.05) is 25.5 Å². The lowest BCUT2D eigenvalue weighted by molar-refractivity contribution is -0.123. The lowest BCUT2D eigenvalue weighted by Crippen LogP contribution is -2.25. The highest BCUT2D eigenvalue weighted by atomic mass is 35.5. The summed E-state index contributed by atoms with van der Waals surface area (Å²) in [6, 6.07) is 0.